The van der Waals surface area contributed by atoms with Gasteiger partial charge in [0.1, 0.15) is 6.04 Å². The van der Waals surface area contributed by atoms with Gasteiger partial charge in [0.15, 0.2) is 0 Å². The number of amides is 1. The Morgan fingerprint density at radius 3 is 2.11 bits per heavy atom. The van der Waals surface area contributed by atoms with Crippen molar-refractivity contribution in [1.29, 1.82) is 0 Å². The Hall–Kier alpha value is -0.600. The van der Waals surface area contributed by atoms with Gasteiger partial charge in [-0.15, -0.1) is 37.2 Å². The molecule has 0 bridgehead atoms. The van der Waals surface area contributed by atoms with Crippen LogP contribution in [-0.4, -0.2) is 68.2 Å². The van der Waals surface area contributed by atoms with Crippen molar-refractivity contribution in [2.45, 2.75) is 26.1 Å². The first kappa shape index (κ1) is 28.6. The Labute approximate surface area is 181 Å². The second-order valence-corrected chi connectivity index (χ2v) is 6.31. The summed E-state index contributed by atoms with van der Waals surface area (Å²) >= 11 is 0. The van der Waals surface area contributed by atoms with E-state index in [2.05, 4.69) is 46.3 Å². The van der Waals surface area contributed by atoms with Gasteiger partial charge in [0.05, 0.1) is 6.61 Å². The maximum absolute atomic E-state index is 11.8. The molecule has 0 saturated carbocycles. The molecule has 1 fully saturated rings. The fourth-order valence-electron chi connectivity index (χ4n) is 2.86. The van der Waals surface area contributed by atoms with Gasteiger partial charge in [-0.1, -0.05) is 31.2 Å². The van der Waals surface area contributed by atoms with Gasteiger partial charge < -0.3 is 20.7 Å². The number of methoxy groups -OCH3 is 1. The molecule has 1 saturated heterocycles. The van der Waals surface area contributed by atoms with Crippen LogP contribution >= 0.6 is 37.2 Å². The number of nitrogens with one attached hydrogen (secondary N) is 1. The molecule has 27 heavy (non-hydrogen) atoms. The minimum Gasteiger partial charge on any atom is -0.383 e. The monoisotopic (exact) mass is 442 g/mol. The molecule has 6 nitrogen and oxygen atoms in total. The van der Waals surface area contributed by atoms with Gasteiger partial charge >= 0.3 is 0 Å². The van der Waals surface area contributed by atoms with E-state index < -0.39 is 6.04 Å². The van der Waals surface area contributed by atoms with Crippen LogP contribution in [0.3, 0.4) is 0 Å². The number of hydrogen-bond acceptors (Lipinski definition) is 5. The molecule has 1 heterocycles. The van der Waals surface area contributed by atoms with Crippen LogP contribution in [0.25, 0.3) is 0 Å². The van der Waals surface area contributed by atoms with E-state index in [1.807, 2.05) is 0 Å². The summed E-state index contributed by atoms with van der Waals surface area (Å²) in [6.07, 6.45) is 0. The number of nitrogens with two attached hydrogens (primary N) is 1. The van der Waals surface area contributed by atoms with Crippen molar-refractivity contribution in [2.24, 2.45) is 5.73 Å². The van der Waals surface area contributed by atoms with Crippen LogP contribution in [0.5, 0.6) is 0 Å². The largest absolute Gasteiger partial charge is 0.383 e. The minimum absolute atomic E-state index is 0. The van der Waals surface area contributed by atoms with Crippen LogP contribution < -0.4 is 11.1 Å². The van der Waals surface area contributed by atoms with E-state index in [0.29, 0.717) is 6.54 Å². The van der Waals surface area contributed by atoms with Crippen molar-refractivity contribution in [3.05, 3.63) is 35.4 Å². The molecule has 1 amide bonds. The third-order valence-electron chi connectivity index (χ3n) is 4.49. The molecular formula is C18H33Cl3N4O2. The van der Waals surface area contributed by atoms with Gasteiger partial charge in [0, 0.05) is 46.4 Å². The highest BCUT2D eigenvalue weighted by Crippen LogP contribution is 2.10. The molecule has 158 valence electrons. The standard InChI is InChI=1S/C18H30N4O2.3ClH/c1-3-21-8-10-22(11-9-21)13-16-6-4-15(5-7-16)12-20-18(23)17(19)14-24-2;;;/h4-7,17H,3,8-14,19H2,1-2H3,(H,20,23);3*1H. The topological polar surface area (TPSA) is 70.8 Å². The third kappa shape index (κ3) is 9.94. The van der Waals surface area contributed by atoms with Gasteiger partial charge in [-0.3, -0.25) is 9.69 Å². The molecule has 1 atom stereocenters. The quantitative estimate of drug-likeness (QED) is 0.640. The number of carbonyl (C=O) groups is 1. The van der Waals surface area contributed by atoms with E-state index >= 15 is 0 Å². The number of rotatable bonds is 8. The van der Waals surface area contributed by atoms with E-state index in [4.69, 9.17) is 10.5 Å². The Morgan fingerprint density at radius 1 is 1.07 bits per heavy atom. The van der Waals surface area contributed by atoms with E-state index in [1.165, 1.54) is 12.7 Å². The molecule has 0 aliphatic carbocycles. The molecule has 2 rings (SSSR count). The summed E-state index contributed by atoms with van der Waals surface area (Å²) < 4.78 is 4.88. The lowest BCUT2D eigenvalue weighted by Gasteiger charge is -2.34. The van der Waals surface area contributed by atoms with Crippen LogP contribution in [0, 0.1) is 0 Å². The number of hydrogen-bond donors (Lipinski definition) is 2. The second kappa shape index (κ2) is 15.3. The molecule has 0 radical (unpaired) electrons. The van der Waals surface area contributed by atoms with Crippen LogP contribution in [-0.2, 0) is 22.6 Å². The summed E-state index contributed by atoms with van der Waals surface area (Å²) in [4.78, 5) is 16.7. The third-order valence-corrected chi connectivity index (χ3v) is 4.49. The van der Waals surface area contributed by atoms with Crippen LogP contribution in [0.1, 0.15) is 18.1 Å². The smallest absolute Gasteiger partial charge is 0.239 e. The first-order valence-electron chi connectivity index (χ1n) is 8.67. The minimum atomic E-state index is -0.615. The lowest BCUT2D eigenvalue weighted by atomic mass is 10.1. The number of ether oxygens (including phenoxy) is 1. The molecule has 1 aliphatic rings. The predicted octanol–water partition coefficient (Wildman–Crippen LogP) is 1.68. The molecule has 9 heteroatoms. The highest BCUT2D eigenvalue weighted by molar-refractivity contribution is 5.86. The lowest BCUT2D eigenvalue weighted by molar-refractivity contribution is -0.123. The summed E-state index contributed by atoms with van der Waals surface area (Å²) in [6, 6.07) is 7.81. The van der Waals surface area contributed by atoms with Gasteiger partial charge in [-0.05, 0) is 17.7 Å². The highest BCUT2D eigenvalue weighted by atomic mass is 35.5. The molecule has 1 aromatic rings. The van der Waals surface area contributed by atoms with E-state index in [0.717, 1.165) is 44.8 Å². The highest BCUT2D eigenvalue weighted by Gasteiger charge is 2.15. The average molecular weight is 444 g/mol. The van der Waals surface area contributed by atoms with Crippen LogP contribution in [0.4, 0.5) is 0 Å². The fourth-order valence-corrected chi connectivity index (χ4v) is 2.86. The number of halogens is 3. The molecule has 1 unspecified atom stereocenters. The number of nitrogens with zero attached hydrogens (tertiary/aromatic N) is 2. The van der Waals surface area contributed by atoms with Gasteiger partial charge in [0.25, 0.3) is 0 Å². The Kier molecular flexibility index (Phi) is 16.3. The zero-order valence-corrected chi connectivity index (χ0v) is 18.5. The van der Waals surface area contributed by atoms with Crippen molar-refractivity contribution in [3.8, 4) is 0 Å². The van der Waals surface area contributed by atoms with Crippen LogP contribution in [0.15, 0.2) is 24.3 Å². The van der Waals surface area contributed by atoms with Crippen LogP contribution in [0.2, 0.25) is 0 Å². The molecule has 3 N–H and O–H groups in total. The Balaban J connectivity index is 0. The van der Waals surface area contributed by atoms with Crippen molar-refractivity contribution < 1.29 is 9.53 Å². The van der Waals surface area contributed by atoms with Crippen molar-refractivity contribution in [3.63, 3.8) is 0 Å². The molecule has 1 aliphatic heterocycles. The zero-order chi connectivity index (χ0) is 17.4. The number of benzene rings is 1. The number of carbonyl (C=O) groups excluding carboxylic acids is 1. The Morgan fingerprint density at radius 2 is 1.59 bits per heavy atom. The molecule has 0 aromatic heterocycles. The molecule has 1 aromatic carbocycles. The van der Waals surface area contributed by atoms with Crippen molar-refractivity contribution in [1.82, 2.24) is 15.1 Å². The maximum atomic E-state index is 11.8. The summed E-state index contributed by atoms with van der Waals surface area (Å²) in [7, 11) is 1.54. The lowest BCUT2D eigenvalue weighted by Crippen LogP contribution is -2.45. The average Bonchev–Trinajstić information content (AvgIpc) is 2.61. The normalized spacial score (nSPS) is 15.7. The van der Waals surface area contributed by atoms with Crippen molar-refractivity contribution >= 4 is 43.1 Å². The maximum Gasteiger partial charge on any atom is 0.239 e. The predicted molar refractivity (Wildman–Crippen MR) is 117 cm³/mol. The molecule has 0 spiro atoms. The summed E-state index contributed by atoms with van der Waals surface area (Å²) in [5.74, 6) is -0.185. The van der Waals surface area contributed by atoms with E-state index in [-0.39, 0.29) is 49.7 Å². The van der Waals surface area contributed by atoms with E-state index in [1.54, 1.807) is 0 Å². The van der Waals surface area contributed by atoms with Gasteiger partial charge in [-0.25, -0.2) is 0 Å². The number of piperazine rings is 1. The molecular weight excluding hydrogens is 411 g/mol. The van der Waals surface area contributed by atoms with Gasteiger partial charge in [-0.2, -0.15) is 0 Å². The first-order chi connectivity index (χ1) is 11.6. The first-order valence-corrected chi connectivity index (χ1v) is 8.67. The fraction of sp³-hybridized carbons (Fsp3) is 0.611. The Bertz CT molecular complexity index is 512. The van der Waals surface area contributed by atoms with E-state index in [9.17, 15) is 4.79 Å². The zero-order valence-electron chi connectivity index (χ0n) is 16.1. The SMILES string of the molecule is CCN1CCN(Cc2ccc(CNC(=O)C(N)COC)cc2)CC1.Cl.Cl.Cl. The summed E-state index contributed by atoms with van der Waals surface area (Å²) in [6.45, 7) is 9.64. The van der Waals surface area contributed by atoms with Gasteiger partial charge in [0.2, 0.25) is 5.91 Å². The second-order valence-electron chi connectivity index (χ2n) is 6.31. The van der Waals surface area contributed by atoms with Crippen molar-refractivity contribution in [2.75, 3.05) is 46.4 Å². The number of likely N-dealkylation sites (N-methyl/N-ethyl adjacent to an activating group) is 1. The summed E-state index contributed by atoms with van der Waals surface area (Å²) in [5.41, 5.74) is 8.08. The summed E-state index contributed by atoms with van der Waals surface area (Å²) in [5, 5.41) is 2.84.